The third-order valence-electron chi connectivity index (χ3n) is 3.90. The fraction of sp³-hybridized carbons (Fsp3) is 0.533. The number of amides is 2. The lowest BCUT2D eigenvalue weighted by Gasteiger charge is -2.22. The summed E-state index contributed by atoms with van der Waals surface area (Å²) in [5.74, 6) is 0.742. The molecule has 0 aromatic carbocycles. The Morgan fingerprint density at radius 3 is 3.17 bits per heavy atom. The van der Waals surface area contributed by atoms with Crippen molar-refractivity contribution in [2.24, 2.45) is 0 Å². The molecule has 124 valence electrons. The van der Waals surface area contributed by atoms with Crippen molar-refractivity contribution in [2.75, 3.05) is 25.6 Å². The molecule has 1 fully saturated rings. The Labute approximate surface area is 134 Å². The summed E-state index contributed by atoms with van der Waals surface area (Å²) < 4.78 is 12.1. The summed E-state index contributed by atoms with van der Waals surface area (Å²) in [7, 11) is 1.64. The van der Waals surface area contributed by atoms with Crippen LogP contribution in [0.2, 0.25) is 0 Å². The van der Waals surface area contributed by atoms with Crippen LogP contribution in [0.4, 0.5) is 10.5 Å². The van der Waals surface area contributed by atoms with Crippen LogP contribution in [-0.2, 0) is 11.3 Å². The molecule has 1 N–H and O–H groups in total. The van der Waals surface area contributed by atoms with Crippen LogP contribution in [0.15, 0.2) is 23.0 Å². The maximum absolute atomic E-state index is 12.5. The van der Waals surface area contributed by atoms with Crippen molar-refractivity contribution in [1.82, 2.24) is 19.8 Å². The summed E-state index contributed by atoms with van der Waals surface area (Å²) in [5.41, 5.74) is 1.50. The fourth-order valence-electron chi connectivity index (χ4n) is 2.78. The van der Waals surface area contributed by atoms with Crippen LogP contribution in [0, 0.1) is 6.92 Å². The van der Waals surface area contributed by atoms with Gasteiger partial charge in [0.2, 0.25) is 0 Å². The van der Waals surface area contributed by atoms with E-state index in [1.54, 1.807) is 29.1 Å². The van der Waals surface area contributed by atoms with Gasteiger partial charge in [0.25, 0.3) is 0 Å². The van der Waals surface area contributed by atoms with E-state index in [0.717, 1.165) is 24.3 Å². The average molecular weight is 319 g/mol. The maximum Gasteiger partial charge on any atom is 0.322 e. The minimum Gasteiger partial charge on any atom is -0.383 e. The number of urea groups is 1. The molecule has 23 heavy (non-hydrogen) atoms. The van der Waals surface area contributed by atoms with Gasteiger partial charge in [-0.3, -0.25) is 4.68 Å². The van der Waals surface area contributed by atoms with Crippen LogP contribution < -0.4 is 5.32 Å². The van der Waals surface area contributed by atoms with Gasteiger partial charge >= 0.3 is 6.03 Å². The molecule has 2 amide bonds. The lowest BCUT2D eigenvalue weighted by atomic mass is 10.1. The molecule has 0 aliphatic carbocycles. The molecular formula is C15H21N5O3. The molecule has 1 atom stereocenters. The minimum atomic E-state index is -0.146. The van der Waals surface area contributed by atoms with Crippen molar-refractivity contribution in [1.29, 1.82) is 0 Å². The van der Waals surface area contributed by atoms with Gasteiger partial charge in [0.1, 0.15) is 0 Å². The molecule has 3 heterocycles. The Kier molecular flexibility index (Phi) is 4.61. The molecule has 2 aromatic rings. The number of hydrogen-bond acceptors (Lipinski definition) is 5. The first-order valence-corrected chi connectivity index (χ1v) is 7.69. The molecule has 8 nitrogen and oxygen atoms in total. The first kappa shape index (κ1) is 15.5. The van der Waals surface area contributed by atoms with Crippen molar-refractivity contribution >= 4 is 11.7 Å². The van der Waals surface area contributed by atoms with Crippen LogP contribution in [-0.4, -0.2) is 46.1 Å². The van der Waals surface area contributed by atoms with Gasteiger partial charge in [-0.2, -0.15) is 5.10 Å². The minimum absolute atomic E-state index is 0.0558. The first-order valence-electron chi connectivity index (χ1n) is 7.69. The lowest BCUT2D eigenvalue weighted by Crippen LogP contribution is -2.34. The highest BCUT2D eigenvalue weighted by atomic mass is 16.5. The molecule has 0 radical (unpaired) electrons. The number of aryl methyl sites for hydroxylation is 1. The van der Waals surface area contributed by atoms with Gasteiger partial charge < -0.3 is 19.5 Å². The zero-order chi connectivity index (χ0) is 16.2. The van der Waals surface area contributed by atoms with E-state index in [4.69, 9.17) is 9.26 Å². The van der Waals surface area contributed by atoms with E-state index < -0.39 is 0 Å². The molecule has 1 aliphatic rings. The predicted molar refractivity (Wildman–Crippen MR) is 83.0 cm³/mol. The molecule has 1 aliphatic heterocycles. The van der Waals surface area contributed by atoms with Crippen molar-refractivity contribution in [3.05, 3.63) is 29.9 Å². The van der Waals surface area contributed by atoms with Crippen molar-refractivity contribution in [2.45, 2.75) is 32.4 Å². The molecular weight excluding hydrogens is 298 g/mol. The third kappa shape index (κ3) is 3.53. The average Bonchev–Trinajstić information content (AvgIpc) is 3.24. The number of nitrogens with zero attached hydrogens (tertiary/aromatic N) is 4. The van der Waals surface area contributed by atoms with Crippen LogP contribution in [0.5, 0.6) is 0 Å². The second-order valence-corrected chi connectivity index (χ2v) is 5.64. The smallest absolute Gasteiger partial charge is 0.322 e. The molecule has 8 heteroatoms. The number of nitrogens with one attached hydrogen (secondary N) is 1. The molecule has 1 saturated heterocycles. The highest BCUT2D eigenvalue weighted by Crippen LogP contribution is 2.32. The second kappa shape index (κ2) is 6.82. The number of anilines is 1. The quantitative estimate of drug-likeness (QED) is 0.913. The normalized spacial score (nSPS) is 17.7. The second-order valence-electron chi connectivity index (χ2n) is 5.64. The molecule has 0 unspecified atom stereocenters. The van der Waals surface area contributed by atoms with Gasteiger partial charge in [0.15, 0.2) is 5.76 Å². The summed E-state index contributed by atoms with van der Waals surface area (Å²) in [5, 5.41) is 11.0. The van der Waals surface area contributed by atoms with E-state index in [0.29, 0.717) is 25.4 Å². The number of ether oxygens (including phenoxy) is 1. The van der Waals surface area contributed by atoms with E-state index in [1.807, 2.05) is 13.0 Å². The molecule has 0 saturated carbocycles. The summed E-state index contributed by atoms with van der Waals surface area (Å²) in [6, 6.07) is 1.69. The first-order chi connectivity index (χ1) is 11.2. The standard InChI is InChI=1S/C15H21N5O3/c1-11-8-14(23-18-11)13-4-3-5-20(13)15(21)17-12-9-16-19(10-12)6-7-22-2/h8-10,13H,3-7H2,1-2H3,(H,17,21)/t13-/m1/s1. The zero-order valence-electron chi connectivity index (χ0n) is 13.4. The van der Waals surface area contributed by atoms with Gasteiger partial charge in [0, 0.05) is 25.9 Å². The van der Waals surface area contributed by atoms with Gasteiger partial charge in [-0.25, -0.2) is 4.79 Å². The molecule has 0 bridgehead atoms. The van der Waals surface area contributed by atoms with Crippen LogP contribution >= 0.6 is 0 Å². The Balaban J connectivity index is 1.64. The number of carbonyl (C=O) groups is 1. The van der Waals surface area contributed by atoms with Crippen molar-refractivity contribution in [3.63, 3.8) is 0 Å². The summed E-state index contributed by atoms with van der Waals surface area (Å²) >= 11 is 0. The molecule has 2 aromatic heterocycles. The van der Waals surface area contributed by atoms with Crippen molar-refractivity contribution in [3.8, 4) is 0 Å². The monoisotopic (exact) mass is 319 g/mol. The number of likely N-dealkylation sites (tertiary alicyclic amines) is 1. The molecule has 3 rings (SSSR count). The number of carbonyl (C=O) groups excluding carboxylic acids is 1. The Hall–Kier alpha value is -2.35. The number of methoxy groups -OCH3 is 1. The highest BCUT2D eigenvalue weighted by molar-refractivity contribution is 5.89. The number of rotatable bonds is 5. The maximum atomic E-state index is 12.5. The van der Waals surface area contributed by atoms with Crippen molar-refractivity contribution < 1.29 is 14.1 Å². The Morgan fingerprint density at radius 1 is 1.57 bits per heavy atom. The van der Waals surface area contributed by atoms with E-state index >= 15 is 0 Å². The number of aromatic nitrogens is 3. The van der Waals surface area contributed by atoms with Gasteiger partial charge in [-0.15, -0.1) is 0 Å². The number of hydrogen-bond donors (Lipinski definition) is 1. The third-order valence-corrected chi connectivity index (χ3v) is 3.90. The topological polar surface area (TPSA) is 85.4 Å². The van der Waals surface area contributed by atoms with E-state index in [9.17, 15) is 4.79 Å². The van der Waals surface area contributed by atoms with Gasteiger partial charge in [0.05, 0.1) is 36.8 Å². The summed E-state index contributed by atoms with van der Waals surface area (Å²) in [6.07, 6.45) is 5.26. The van der Waals surface area contributed by atoms with E-state index in [1.165, 1.54) is 0 Å². The Morgan fingerprint density at radius 2 is 2.43 bits per heavy atom. The van der Waals surface area contributed by atoms with E-state index in [2.05, 4.69) is 15.6 Å². The lowest BCUT2D eigenvalue weighted by molar-refractivity contribution is 0.183. The largest absolute Gasteiger partial charge is 0.383 e. The SMILES string of the molecule is COCCn1cc(NC(=O)N2CCC[C@@H]2c2cc(C)no2)cn1. The predicted octanol–water partition coefficient (Wildman–Crippen LogP) is 2.19. The highest BCUT2D eigenvalue weighted by Gasteiger charge is 2.32. The summed E-state index contributed by atoms with van der Waals surface area (Å²) in [4.78, 5) is 14.3. The Bertz CT molecular complexity index is 666. The van der Waals surface area contributed by atoms with Crippen LogP contribution in [0.1, 0.15) is 30.3 Å². The fourth-order valence-corrected chi connectivity index (χ4v) is 2.78. The van der Waals surface area contributed by atoms with Crippen LogP contribution in [0.3, 0.4) is 0 Å². The molecule has 0 spiro atoms. The van der Waals surface area contributed by atoms with Gasteiger partial charge in [-0.1, -0.05) is 5.16 Å². The van der Waals surface area contributed by atoms with Crippen LogP contribution in [0.25, 0.3) is 0 Å². The van der Waals surface area contributed by atoms with E-state index in [-0.39, 0.29) is 12.1 Å². The summed E-state index contributed by atoms with van der Waals surface area (Å²) in [6.45, 7) is 3.80. The van der Waals surface area contributed by atoms with Gasteiger partial charge in [-0.05, 0) is 19.8 Å². The zero-order valence-corrected chi connectivity index (χ0v) is 13.4.